The van der Waals surface area contributed by atoms with Crippen LogP contribution in [0, 0.1) is 10.1 Å². The van der Waals surface area contributed by atoms with Crippen LogP contribution < -0.4 is 0 Å². The highest BCUT2D eigenvalue weighted by Crippen LogP contribution is 2.13. The standard InChI is InChI=1S/C8H9N3O4/c1-6(12)10(2)9-5-7-3-4-8(15-7)11(13)14/h3-5H,1-2H3. The van der Waals surface area contributed by atoms with Crippen molar-refractivity contribution >= 4 is 18.0 Å². The van der Waals surface area contributed by atoms with Crippen LogP contribution in [0.5, 0.6) is 0 Å². The number of carbonyl (C=O) groups is 1. The predicted molar refractivity (Wildman–Crippen MR) is 51.4 cm³/mol. The maximum absolute atomic E-state index is 10.8. The normalized spacial score (nSPS) is 10.5. The summed E-state index contributed by atoms with van der Waals surface area (Å²) in [6.45, 7) is 1.35. The van der Waals surface area contributed by atoms with E-state index in [2.05, 4.69) is 5.10 Å². The Morgan fingerprint density at radius 3 is 2.80 bits per heavy atom. The molecular formula is C8H9N3O4. The number of hydrogen-bond acceptors (Lipinski definition) is 5. The van der Waals surface area contributed by atoms with Crippen molar-refractivity contribution in [2.24, 2.45) is 5.10 Å². The molecule has 15 heavy (non-hydrogen) atoms. The zero-order valence-electron chi connectivity index (χ0n) is 8.21. The summed E-state index contributed by atoms with van der Waals surface area (Å²) in [5.41, 5.74) is 0. The molecule has 0 bridgehead atoms. The number of rotatable bonds is 3. The van der Waals surface area contributed by atoms with Crippen molar-refractivity contribution in [3.8, 4) is 0 Å². The smallest absolute Gasteiger partial charge is 0.400 e. The van der Waals surface area contributed by atoms with Crippen molar-refractivity contribution in [1.82, 2.24) is 5.01 Å². The van der Waals surface area contributed by atoms with Crippen molar-refractivity contribution in [1.29, 1.82) is 0 Å². The topological polar surface area (TPSA) is 89.0 Å². The van der Waals surface area contributed by atoms with Gasteiger partial charge in [-0.2, -0.15) is 5.10 Å². The van der Waals surface area contributed by atoms with Gasteiger partial charge in [0, 0.05) is 14.0 Å². The quantitative estimate of drug-likeness (QED) is 0.423. The highest BCUT2D eigenvalue weighted by atomic mass is 16.6. The third kappa shape index (κ3) is 2.90. The molecule has 80 valence electrons. The van der Waals surface area contributed by atoms with Gasteiger partial charge in [-0.15, -0.1) is 0 Å². The van der Waals surface area contributed by atoms with Crippen LogP contribution in [0.4, 0.5) is 5.88 Å². The number of hydrogen-bond donors (Lipinski definition) is 0. The summed E-state index contributed by atoms with van der Waals surface area (Å²) >= 11 is 0. The lowest BCUT2D eigenvalue weighted by Gasteiger charge is -2.04. The van der Waals surface area contributed by atoms with Crippen LogP contribution in [0.1, 0.15) is 12.7 Å². The summed E-state index contributed by atoms with van der Waals surface area (Å²) in [7, 11) is 1.47. The fourth-order valence-corrected chi connectivity index (χ4v) is 0.735. The Labute approximate surface area is 85.1 Å². The van der Waals surface area contributed by atoms with Gasteiger partial charge in [0.2, 0.25) is 5.91 Å². The first kappa shape index (κ1) is 10.9. The molecule has 0 saturated heterocycles. The minimum atomic E-state index is -0.647. The number of nitro groups is 1. The predicted octanol–water partition coefficient (Wildman–Crippen LogP) is 1.00. The van der Waals surface area contributed by atoms with Crippen molar-refractivity contribution in [3.05, 3.63) is 28.0 Å². The maximum Gasteiger partial charge on any atom is 0.433 e. The average molecular weight is 211 g/mol. The molecule has 1 aromatic heterocycles. The molecule has 0 atom stereocenters. The maximum atomic E-state index is 10.8. The minimum Gasteiger partial charge on any atom is -0.400 e. The molecule has 0 aliphatic heterocycles. The zero-order valence-corrected chi connectivity index (χ0v) is 8.21. The number of carbonyl (C=O) groups excluding carboxylic acids is 1. The number of amides is 1. The Hall–Kier alpha value is -2.18. The SMILES string of the molecule is CC(=O)N(C)N=Cc1ccc([N+](=O)[O-])o1. The van der Waals surface area contributed by atoms with Crippen molar-refractivity contribution in [2.75, 3.05) is 7.05 Å². The summed E-state index contributed by atoms with van der Waals surface area (Å²) < 4.78 is 4.79. The molecular weight excluding hydrogens is 202 g/mol. The Kier molecular flexibility index (Phi) is 3.17. The molecule has 1 aromatic rings. The summed E-state index contributed by atoms with van der Waals surface area (Å²) in [5.74, 6) is -0.385. The fraction of sp³-hybridized carbons (Fsp3) is 0.250. The Bertz CT molecular complexity index is 410. The van der Waals surface area contributed by atoms with Gasteiger partial charge in [0.05, 0.1) is 12.3 Å². The second-order valence-electron chi connectivity index (χ2n) is 2.72. The molecule has 0 spiro atoms. The van der Waals surface area contributed by atoms with E-state index in [1.54, 1.807) is 0 Å². The summed E-state index contributed by atoms with van der Waals surface area (Å²) in [5, 5.41) is 15.1. The van der Waals surface area contributed by atoms with Gasteiger partial charge in [-0.3, -0.25) is 14.9 Å². The van der Waals surface area contributed by atoms with Crippen LogP contribution in [0.15, 0.2) is 21.7 Å². The number of furan rings is 1. The van der Waals surface area contributed by atoms with E-state index >= 15 is 0 Å². The van der Waals surface area contributed by atoms with Crippen molar-refractivity contribution in [2.45, 2.75) is 6.92 Å². The molecule has 0 radical (unpaired) electrons. The van der Waals surface area contributed by atoms with Gasteiger partial charge in [-0.25, -0.2) is 5.01 Å². The lowest BCUT2D eigenvalue weighted by atomic mass is 10.5. The second-order valence-corrected chi connectivity index (χ2v) is 2.72. The molecule has 0 unspecified atom stereocenters. The number of nitrogens with zero attached hydrogens (tertiary/aromatic N) is 3. The third-order valence-electron chi connectivity index (χ3n) is 1.61. The largest absolute Gasteiger partial charge is 0.433 e. The van der Waals surface area contributed by atoms with Crippen LogP contribution in [0.3, 0.4) is 0 Å². The third-order valence-corrected chi connectivity index (χ3v) is 1.61. The molecule has 1 rings (SSSR count). The van der Waals surface area contributed by atoms with Crippen LogP contribution >= 0.6 is 0 Å². The lowest BCUT2D eigenvalue weighted by Crippen LogP contribution is -2.17. The summed E-state index contributed by atoms with van der Waals surface area (Å²) in [4.78, 5) is 20.4. The van der Waals surface area contributed by atoms with E-state index in [4.69, 9.17) is 4.42 Å². The van der Waals surface area contributed by atoms with E-state index in [1.165, 1.54) is 32.3 Å². The van der Waals surface area contributed by atoms with Crippen LogP contribution in [-0.4, -0.2) is 29.1 Å². The first-order valence-corrected chi connectivity index (χ1v) is 4.03. The van der Waals surface area contributed by atoms with Gasteiger partial charge in [0.15, 0.2) is 5.76 Å². The fourth-order valence-electron chi connectivity index (χ4n) is 0.735. The van der Waals surface area contributed by atoms with E-state index in [-0.39, 0.29) is 17.6 Å². The van der Waals surface area contributed by atoms with E-state index in [9.17, 15) is 14.9 Å². The number of hydrazone groups is 1. The monoisotopic (exact) mass is 211 g/mol. The molecule has 0 N–H and O–H groups in total. The van der Waals surface area contributed by atoms with Gasteiger partial charge in [-0.05, 0) is 6.07 Å². The Balaban J connectivity index is 2.73. The van der Waals surface area contributed by atoms with Crippen LogP contribution in [0.25, 0.3) is 0 Å². The van der Waals surface area contributed by atoms with Gasteiger partial charge < -0.3 is 4.42 Å². The average Bonchev–Trinajstić information content (AvgIpc) is 2.62. The van der Waals surface area contributed by atoms with Gasteiger partial charge in [0.25, 0.3) is 0 Å². The molecule has 0 aliphatic carbocycles. The van der Waals surface area contributed by atoms with Gasteiger partial charge in [-0.1, -0.05) is 0 Å². The first-order valence-electron chi connectivity index (χ1n) is 4.03. The summed E-state index contributed by atoms with van der Waals surface area (Å²) in [6.07, 6.45) is 1.23. The minimum absolute atomic E-state index is 0.217. The highest BCUT2D eigenvalue weighted by molar-refractivity contribution is 5.79. The summed E-state index contributed by atoms with van der Waals surface area (Å²) in [6, 6.07) is 2.62. The molecule has 0 saturated carbocycles. The Morgan fingerprint density at radius 2 is 2.33 bits per heavy atom. The van der Waals surface area contributed by atoms with Gasteiger partial charge in [0.1, 0.15) is 4.92 Å². The van der Waals surface area contributed by atoms with Crippen LogP contribution in [-0.2, 0) is 4.79 Å². The van der Waals surface area contributed by atoms with Gasteiger partial charge >= 0.3 is 5.88 Å². The molecule has 7 nitrogen and oxygen atoms in total. The van der Waals surface area contributed by atoms with E-state index in [0.717, 1.165) is 5.01 Å². The zero-order chi connectivity index (χ0) is 11.4. The molecule has 0 aliphatic rings. The molecule has 7 heteroatoms. The molecule has 1 heterocycles. The lowest BCUT2D eigenvalue weighted by molar-refractivity contribution is -0.402. The molecule has 1 amide bonds. The van der Waals surface area contributed by atoms with Crippen molar-refractivity contribution in [3.63, 3.8) is 0 Å². The second kappa shape index (κ2) is 4.36. The van der Waals surface area contributed by atoms with E-state index in [1.807, 2.05) is 0 Å². The molecule has 0 aromatic carbocycles. The Morgan fingerprint density at radius 1 is 1.67 bits per heavy atom. The first-order chi connectivity index (χ1) is 7.00. The molecule has 0 fully saturated rings. The van der Waals surface area contributed by atoms with E-state index < -0.39 is 4.92 Å². The van der Waals surface area contributed by atoms with E-state index in [0.29, 0.717) is 0 Å². The van der Waals surface area contributed by atoms with Crippen molar-refractivity contribution < 1.29 is 14.1 Å². The highest BCUT2D eigenvalue weighted by Gasteiger charge is 2.10. The van der Waals surface area contributed by atoms with Crippen LogP contribution in [0.2, 0.25) is 0 Å².